The molecule has 3 aromatic rings. The van der Waals surface area contributed by atoms with Crippen LogP contribution >= 0.6 is 0 Å². The van der Waals surface area contributed by atoms with Gasteiger partial charge in [0.05, 0.1) is 36.1 Å². The van der Waals surface area contributed by atoms with Gasteiger partial charge in [-0.2, -0.15) is 5.10 Å². The number of nitrogens with zero attached hydrogens (tertiary/aromatic N) is 5. The summed E-state index contributed by atoms with van der Waals surface area (Å²) in [4.78, 5) is 18.1. The normalized spacial score (nSPS) is 12.8. The molecule has 0 bridgehead atoms. The van der Waals surface area contributed by atoms with E-state index in [-0.39, 0.29) is 10.6 Å². The van der Waals surface area contributed by atoms with Crippen LogP contribution in [0.5, 0.6) is 5.75 Å². The molecule has 3 heterocycles. The zero-order valence-electron chi connectivity index (χ0n) is 19.6. The van der Waals surface area contributed by atoms with Crippen LogP contribution in [0, 0.1) is 0 Å². The maximum Gasteiger partial charge on any atom is 0.414 e. The Morgan fingerprint density at radius 3 is 2.31 bits per heavy atom. The number of hydrogen-bond donors (Lipinski definition) is 0. The van der Waals surface area contributed by atoms with Crippen molar-refractivity contribution in [3.05, 3.63) is 30.9 Å². The number of pyridine rings is 1. The third kappa shape index (κ3) is 4.29. The molecule has 0 saturated heterocycles. The van der Waals surface area contributed by atoms with E-state index >= 15 is 0 Å². The quantitative estimate of drug-likeness (QED) is 0.583. The smallest absolute Gasteiger partial charge is 0.414 e. The summed E-state index contributed by atoms with van der Waals surface area (Å²) in [6, 6.07) is 1.57. The Balaban J connectivity index is 2.06. The van der Waals surface area contributed by atoms with Crippen molar-refractivity contribution in [1.29, 1.82) is 0 Å². The molecule has 0 aromatic carbocycles. The summed E-state index contributed by atoms with van der Waals surface area (Å²) in [7, 11) is -0.691. The number of rotatable bonds is 4. The molecule has 0 radical (unpaired) electrons. The topological polar surface area (TPSA) is 108 Å². The largest absolute Gasteiger partial charge is 0.495 e. The van der Waals surface area contributed by atoms with Crippen LogP contribution in [0.4, 0.5) is 10.5 Å². The molecule has 3 aromatic heterocycles. The highest BCUT2D eigenvalue weighted by molar-refractivity contribution is 7.92. The molecule has 0 spiro atoms. The average Bonchev–Trinajstić information content (AvgIpc) is 3.30. The third-order valence-electron chi connectivity index (χ3n) is 4.73. The molecule has 10 nitrogen and oxygen atoms in total. The van der Waals surface area contributed by atoms with Gasteiger partial charge >= 0.3 is 6.09 Å². The molecule has 0 saturated carbocycles. The van der Waals surface area contributed by atoms with E-state index < -0.39 is 26.3 Å². The number of amides is 1. The van der Waals surface area contributed by atoms with Crippen molar-refractivity contribution >= 4 is 27.3 Å². The molecule has 0 N–H and O–H groups in total. The predicted molar refractivity (Wildman–Crippen MR) is 120 cm³/mol. The number of ether oxygens (including phenoxy) is 2. The van der Waals surface area contributed by atoms with Crippen LogP contribution in [0.2, 0.25) is 0 Å². The fourth-order valence-electron chi connectivity index (χ4n) is 2.88. The summed E-state index contributed by atoms with van der Waals surface area (Å²) in [6.45, 7) is 10.3. The van der Waals surface area contributed by atoms with Crippen molar-refractivity contribution in [3.8, 4) is 11.6 Å². The molecule has 0 aliphatic heterocycles. The van der Waals surface area contributed by atoms with Crippen LogP contribution in [0.1, 0.15) is 41.5 Å². The summed E-state index contributed by atoms with van der Waals surface area (Å²) >= 11 is 0. The number of aromatic nitrogens is 4. The Kier molecular flexibility index (Phi) is 5.75. The van der Waals surface area contributed by atoms with Gasteiger partial charge in [0, 0.05) is 19.3 Å². The number of hydrogen-bond acceptors (Lipinski definition) is 7. The Bertz CT molecular complexity index is 1260. The molecule has 3 rings (SSSR count). The summed E-state index contributed by atoms with van der Waals surface area (Å²) in [5, 5.41) is 4.32. The number of carbonyl (C=O) groups excluding carboxylic acids is 1. The Morgan fingerprint density at radius 1 is 1.09 bits per heavy atom. The van der Waals surface area contributed by atoms with Gasteiger partial charge in [-0.3, -0.25) is 9.30 Å². The monoisotopic (exact) mass is 463 g/mol. The maximum absolute atomic E-state index is 13.1. The van der Waals surface area contributed by atoms with Gasteiger partial charge in [-0.05, 0) is 41.5 Å². The Morgan fingerprint density at radius 2 is 1.75 bits per heavy atom. The van der Waals surface area contributed by atoms with E-state index in [0.29, 0.717) is 17.2 Å². The van der Waals surface area contributed by atoms with Gasteiger partial charge in [0.1, 0.15) is 21.9 Å². The summed E-state index contributed by atoms with van der Waals surface area (Å²) in [6.07, 6.45) is 5.68. The molecular weight excluding hydrogens is 434 g/mol. The second-order valence-electron chi connectivity index (χ2n) is 9.35. The van der Waals surface area contributed by atoms with Crippen LogP contribution in [0.15, 0.2) is 35.7 Å². The van der Waals surface area contributed by atoms with Crippen LogP contribution in [-0.2, 0) is 14.6 Å². The van der Waals surface area contributed by atoms with Crippen molar-refractivity contribution in [1.82, 2.24) is 19.2 Å². The first-order chi connectivity index (χ1) is 14.7. The Hall–Kier alpha value is -3.08. The van der Waals surface area contributed by atoms with Gasteiger partial charge in [0.2, 0.25) is 0 Å². The van der Waals surface area contributed by atoms with E-state index in [2.05, 4.69) is 10.1 Å². The fourth-order valence-corrected chi connectivity index (χ4v) is 4.19. The van der Waals surface area contributed by atoms with Gasteiger partial charge in [0.25, 0.3) is 0 Å². The second kappa shape index (κ2) is 7.80. The van der Waals surface area contributed by atoms with Crippen LogP contribution < -0.4 is 9.64 Å². The van der Waals surface area contributed by atoms with Gasteiger partial charge in [-0.15, -0.1) is 0 Å². The van der Waals surface area contributed by atoms with Crippen LogP contribution in [0.3, 0.4) is 0 Å². The number of sulfone groups is 1. The van der Waals surface area contributed by atoms with Gasteiger partial charge in [-0.25, -0.2) is 22.9 Å². The first-order valence-electron chi connectivity index (χ1n) is 9.97. The first-order valence-corrected chi connectivity index (χ1v) is 11.5. The second-order valence-corrected chi connectivity index (χ2v) is 12.0. The lowest BCUT2D eigenvalue weighted by atomic mass is 10.2. The molecule has 11 heteroatoms. The van der Waals surface area contributed by atoms with Crippen molar-refractivity contribution in [2.24, 2.45) is 0 Å². The Labute approximate surface area is 187 Å². The van der Waals surface area contributed by atoms with E-state index in [1.54, 1.807) is 71.5 Å². The minimum absolute atomic E-state index is 0.0532. The lowest BCUT2D eigenvalue weighted by Gasteiger charge is -2.23. The molecule has 32 heavy (non-hydrogen) atoms. The molecule has 0 fully saturated rings. The highest BCUT2D eigenvalue weighted by Gasteiger charge is 2.34. The maximum atomic E-state index is 13.1. The lowest BCUT2D eigenvalue weighted by molar-refractivity contribution is 0.0589. The number of fused-ring (bicyclic) bond motifs is 1. The minimum Gasteiger partial charge on any atom is -0.495 e. The van der Waals surface area contributed by atoms with E-state index in [9.17, 15) is 13.2 Å². The van der Waals surface area contributed by atoms with Gasteiger partial charge in [-0.1, -0.05) is 0 Å². The van der Waals surface area contributed by atoms with Gasteiger partial charge in [0.15, 0.2) is 15.7 Å². The number of carbonyl (C=O) groups is 1. The number of imidazole rings is 1. The third-order valence-corrected chi connectivity index (χ3v) is 7.23. The zero-order valence-corrected chi connectivity index (χ0v) is 20.4. The zero-order chi connectivity index (χ0) is 24.1. The highest BCUT2D eigenvalue weighted by atomic mass is 32.2. The number of methoxy groups -OCH3 is 1. The van der Waals surface area contributed by atoms with E-state index in [4.69, 9.17) is 9.47 Å². The summed E-state index contributed by atoms with van der Waals surface area (Å²) in [5.41, 5.74) is 0.365. The summed E-state index contributed by atoms with van der Waals surface area (Å²) in [5.74, 6) is 0.715. The molecule has 0 atom stereocenters. The van der Waals surface area contributed by atoms with Crippen molar-refractivity contribution in [3.63, 3.8) is 0 Å². The molecule has 0 unspecified atom stereocenters. The van der Waals surface area contributed by atoms with Crippen LogP contribution in [-0.4, -0.2) is 58.2 Å². The SMILES string of the molecule is COc1cc2ncc(-n3cc(N(C)C(=O)OC(C)(C)C)cn3)n2cc1S(=O)(=O)C(C)(C)C. The van der Waals surface area contributed by atoms with Crippen molar-refractivity contribution in [2.75, 3.05) is 19.1 Å². The lowest BCUT2D eigenvalue weighted by Crippen LogP contribution is -2.33. The minimum atomic E-state index is -3.70. The highest BCUT2D eigenvalue weighted by Crippen LogP contribution is 2.33. The van der Waals surface area contributed by atoms with Crippen LogP contribution in [0.25, 0.3) is 11.5 Å². The molecule has 0 aliphatic rings. The standard InChI is InChI=1S/C21H29N5O5S/c1-20(2,3)31-19(27)24(7)14-10-23-26(12-14)18-11-22-17-9-15(30-8)16(13-25(17)18)32(28,29)21(4,5)6/h9-13H,1-8H3. The first kappa shape index (κ1) is 23.6. The number of anilines is 1. The van der Waals surface area contributed by atoms with E-state index in [1.165, 1.54) is 29.1 Å². The average molecular weight is 464 g/mol. The van der Waals surface area contributed by atoms with Crippen molar-refractivity contribution in [2.45, 2.75) is 56.8 Å². The van der Waals surface area contributed by atoms with Gasteiger partial charge < -0.3 is 9.47 Å². The predicted octanol–water partition coefficient (Wildman–Crippen LogP) is 3.47. The van der Waals surface area contributed by atoms with Crippen molar-refractivity contribution < 1.29 is 22.7 Å². The molecule has 1 amide bonds. The molecule has 174 valence electrons. The fraction of sp³-hybridized carbons (Fsp3) is 0.476. The molecule has 0 aliphatic carbocycles. The molecular formula is C21H29N5O5S. The van der Waals surface area contributed by atoms with E-state index in [0.717, 1.165) is 0 Å². The summed E-state index contributed by atoms with van der Waals surface area (Å²) < 4.78 is 39.1. The van der Waals surface area contributed by atoms with E-state index in [1.807, 2.05) is 0 Å².